The molecule has 2 aromatic carbocycles. The van der Waals surface area contributed by atoms with Crippen molar-refractivity contribution >= 4 is 46.8 Å². The van der Waals surface area contributed by atoms with Crippen LogP contribution in [0, 0.1) is 11.8 Å². The van der Waals surface area contributed by atoms with Gasteiger partial charge in [-0.05, 0) is 111 Å². The summed E-state index contributed by atoms with van der Waals surface area (Å²) in [6, 6.07) is 13.7. The molecule has 2 aromatic rings. The summed E-state index contributed by atoms with van der Waals surface area (Å²) in [5.74, 6) is 0.314. The van der Waals surface area contributed by atoms with Crippen molar-refractivity contribution in [2.75, 3.05) is 26.2 Å². The fraction of sp³-hybridized carbons (Fsp3) is 0.556. The first-order valence-electron chi connectivity index (χ1n) is 17.4. The van der Waals surface area contributed by atoms with E-state index < -0.39 is 12.1 Å². The van der Waals surface area contributed by atoms with Crippen LogP contribution in [0.1, 0.15) is 75.3 Å². The first-order valence-corrected chi connectivity index (χ1v) is 18.2. The lowest BCUT2D eigenvalue weighted by Gasteiger charge is -2.33. The second-order valence-electron chi connectivity index (χ2n) is 13.3. The van der Waals surface area contributed by atoms with Crippen molar-refractivity contribution in [2.24, 2.45) is 23.3 Å². The summed E-state index contributed by atoms with van der Waals surface area (Å²) in [6.45, 7) is 2.84. The van der Waals surface area contributed by atoms with E-state index in [4.69, 9.17) is 45.1 Å². The molecule has 2 unspecified atom stereocenters. The Morgan fingerprint density at radius 3 is 1.54 bits per heavy atom. The highest BCUT2D eigenvalue weighted by Crippen LogP contribution is 2.25. The number of nitrogens with one attached hydrogen (secondary N) is 2. The molecule has 50 heavy (non-hydrogen) atoms. The molecule has 0 radical (unpaired) electrons. The fourth-order valence-electron chi connectivity index (χ4n) is 6.53. The van der Waals surface area contributed by atoms with Gasteiger partial charge in [-0.2, -0.15) is 0 Å². The van der Waals surface area contributed by atoms with Crippen molar-refractivity contribution in [3.05, 3.63) is 69.7 Å². The number of hydrogen-bond acceptors (Lipinski definition) is 8. The molecular formula is C36H52Cl2N6O6. The van der Waals surface area contributed by atoms with Crippen LogP contribution >= 0.6 is 23.2 Å². The van der Waals surface area contributed by atoms with Gasteiger partial charge in [-0.3, -0.25) is 29.6 Å². The van der Waals surface area contributed by atoms with E-state index >= 15 is 0 Å². The third kappa shape index (κ3) is 14.5. The Morgan fingerprint density at radius 2 is 1.12 bits per heavy atom. The number of benzene rings is 2. The van der Waals surface area contributed by atoms with E-state index in [0.29, 0.717) is 73.7 Å². The third-order valence-corrected chi connectivity index (χ3v) is 9.97. The molecule has 2 aliphatic heterocycles. The molecule has 12 nitrogen and oxygen atoms in total. The first kappa shape index (κ1) is 41.2. The van der Waals surface area contributed by atoms with Crippen LogP contribution in [0.5, 0.6) is 0 Å². The Balaban J connectivity index is 0.000000270. The van der Waals surface area contributed by atoms with Gasteiger partial charge in [0.15, 0.2) is 0 Å². The Morgan fingerprint density at radius 1 is 0.680 bits per heavy atom. The average molecular weight is 736 g/mol. The van der Waals surface area contributed by atoms with Gasteiger partial charge in [-0.15, -0.1) is 0 Å². The van der Waals surface area contributed by atoms with Crippen LogP contribution in [-0.2, 0) is 32.0 Å². The Labute approximate surface area is 304 Å². The molecule has 276 valence electrons. The van der Waals surface area contributed by atoms with Gasteiger partial charge in [0.2, 0.25) is 23.6 Å². The van der Waals surface area contributed by atoms with Gasteiger partial charge in [0, 0.05) is 49.1 Å². The monoisotopic (exact) mass is 734 g/mol. The minimum Gasteiger partial charge on any atom is -0.341 e. The van der Waals surface area contributed by atoms with E-state index in [1.165, 1.54) is 0 Å². The number of hydrogen-bond donors (Lipinski definition) is 6. The second kappa shape index (κ2) is 21.8. The smallest absolute Gasteiger partial charge is 0.243 e. The van der Waals surface area contributed by atoms with Crippen molar-refractivity contribution in [1.82, 2.24) is 20.8 Å². The number of hydroxylamine groups is 2. The fourth-order valence-corrected chi connectivity index (χ4v) is 6.87. The van der Waals surface area contributed by atoms with E-state index in [-0.39, 0.29) is 23.6 Å². The topological polar surface area (TPSA) is 191 Å². The SMILES string of the molecule is NC(Cc1ccc(Cl)cc1)C(=O)N1CCC(CCCC(=O)NO)CC1.NC(Cc1cccc(Cl)c1)C(=O)N1CCC(CCCC(=O)NO)CC1. The molecular weight excluding hydrogens is 683 g/mol. The van der Waals surface area contributed by atoms with E-state index in [0.717, 1.165) is 62.5 Å². The van der Waals surface area contributed by atoms with E-state index in [9.17, 15) is 19.2 Å². The van der Waals surface area contributed by atoms with E-state index in [1.807, 2.05) is 40.1 Å². The number of likely N-dealkylation sites (tertiary alicyclic amines) is 2. The Bertz CT molecular complexity index is 1370. The Hall–Kier alpha value is -3.26. The summed E-state index contributed by atoms with van der Waals surface area (Å²) in [6.07, 6.45) is 8.74. The standard InChI is InChI=1S/2C18H26ClN3O3/c19-15-5-1-4-14(11-15)12-16(20)18(24)22-9-7-13(8-10-22)3-2-6-17(23)21-25;19-15-6-4-14(5-7-15)12-16(20)18(24)22-10-8-13(9-11-22)2-1-3-17(23)21-25/h1,4-5,11,13,16,25H,2-3,6-10,12,20H2,(H,21,23);4-7,13,16,25H,1-3,8-12,20H2,(H,21,23). The summed E-state index contributed by atoms with van der Waals surface area (Å²) in [5, 5.41) is 18.3. The van der Waals surface area contributed by atoms with E-state index in [1.54, 1.807) is 29.2 Å². The van der Waals surface area contributed by atoms with Crippen LogP contribution in [0.25, 0.3) is 0 Å². The maximum absolute atomic E-state index is 12.5. The number of amides is 4. The van der Waals surface area contributed by atoms with Gasteiger partial charge in [-0.25, -0.2) is 11.0 Å². The average Bonchev–Trinajstić information content (AvgIpc) is 3.12. The largest absolute Gasteiger partial charge is 0.341 e. The van der Waals surface area contributed by atoms with Crippen LogP contribution in [0.3, 0.4) is 0 Å². The maximum Gasteiger partial charge on any atom is 0.243 e. The molecule has 4 amide bonds. The third-order valence-electron chi connectivity index (χ3n) is 9.48. The molecule has 8 N–H and O–H groups in total. The summed E-state index contributed by atoms with van der Waals surface area (Å²) in [5.41, 5.74) is 17.4. The zero-order valence-corrected chi connectivity index (χ0v) is 30.1. The zero-order valence-electron chi connectivity index (χ0n) is 28.6. The number of carbonyl (C=O) groups excluding carboxylic acids is 4. The second-order valence-corrected chi connectivity index (χ2v) is 14.1. The number of piperidine rings is 2. The number of rotatable bonds is 14. The first-order chi connectivity index (χ1) is 24.0. The number of carbonyl (C=O) groups is 4. The predicted molar refractivity (Wildman–Crippen MR) is 192 cm³/mol. The Kier molecular flexibility index (Phi) is 18.0. The molecule has 0 saturated carbocycles. The quantitative estimate of drug-likeness (QED) is 0.123. The minimum atomic E-state index is -0.553. The molecule has 0 spiro atoms. The highest BCUT2D eigenvalue weighted by molar-refractivity contribution is 6.30. The molecule has 2 heterocycles. The van der Waals surface area contributed by atoms with Crippen molar-refractivity contribution in [3.8, 4) is 0 Å². The van der Waals surface area contributed by atoms with Gasteiger partial charge in [0.05, 0.1) is 12.1 Å². The number of nitrogens with zero attached hydrogens (tertiary/aromatic N) is 2. The number of halogens is 2. The lowest BCUT2D eigenvalue weighted by molar-refractivity contribution is -0.134. The molecule has 2 saturated heterocycles. The van der Waals surface area contributed by atoms with Gasteiger partial charge in [0.25, 0.3) is 0 Å². The van der Waals surface area contributed by atoms with Crippen molar-refractivity contribution in [2.45, 2.75) is 89.1 Å². The van der Waals surface area contributed by atoms with Crippen LogP contribution < -0.4 is 22.4 Å². The predicted octanol–water partition coefficient (Wildman–Crippen LogP) is 4.25. The highest BCUT2D eigenvalue weighted by atomic mass is 35.5. The number of nitrogens with two attached hydrogens (primary N) is 2. The molecule has 2 aliphatic rings. The normalized spacial score (nSPS) is 16.5. The highest BCUT2D eigenvalue weighted by Gasteiger charge is 2.28. The van der Waals surface area contributed by atoms with Gasteiger partial charge < -0.3 is 21.3 Å². The van der Waals surface area contributed by atoms with Crippen molar-refractivity contribution in [3.63, 3.8) is 0 Å². The molecule has 2 fully saturated rings. The van der Waals surface area contributed by atoms with Crippen LogP contribution in [0.4, 0.5) is 0 Å². The van der Waals surface area contributed by atoms with Crippen molar-refractivity contribution < 1.29 is 29.6 Å². The molecule has 14 heteroatoms. The maximum atomic E-state index is 12.5. The van der Waals surface area contributed by atoms with Crippen LogP contribution in [-0.4, -0.2) is 82.1 Å². The summed E-state index contributed by atoms with van der Waals surface area (Å²) < 4.78 is 0. The van der Waals surface area contributed by atoms with Gasteiger partial charge >= 0.3 is 0 Å². The zero-order chi connectivity index (χ0) is 36.5. The molecule has 0 aliphatic carbocycles. The van der Waals surface area contributed by atoms with Crippen molar-refractivity contribution in [1.29, 1.82) is 0 Å². The molecule has 0 aromatic heterocycles. The van der Waals surface area contributed by atoms with Crippen LogP contribution in [0.2, 0.25) is 10.0 Å². The lowest BCUT2D eigenvalue weighted by Crippen LogP contribution is -2.48. The van der Waals surface area contributed by atoms with E-state index in [2.05, 4.69) is 0 Å². The van der Waals surface area contributed by atoms with Crippen LogP contribution in [0.15, 0.2) is 48.5 Å². The molecule has 0 bridgehead atoms. The van der Waals surface area contributed by atoms with Gasteiger partial charge in [0.1, 0.15) is 0 Å². The van der Waals surface area contributed by atoms with Gasteiger partial charge in [-0.1, -0.05) is 47.5 Å². The molecule has 2 atom stereocenters. The lowest BCUT2D eigenvalue weighted by atomic mass is 9.91. The minimum absolute atomic E-state index is 0.00643. The summed E-state index contributed by atoms with van der Waals surface area (Å²) in [4.78, 5) is 50.7. The summed E-state index contributed by atoms with van der Waals surface area (Å²) in [7, 11) is 0. The summed E-state index contributed by atoms with van der Waals surface area (Å²) >= 11 is 11.8. The molecule has 4 rings (SSSR count).